The molecular weight excluding hydrogens is 336 g/mol. The van der Waals surface area contributed by atoms with Crippen molar-refractivity contribution in [3.05, 3.63) is 23.3 Å². The highest BCUT2D eigenvalue weighted by molar-refractivity contribution is 5.96. The van der Waals surface area contributed by atoms with Gasteiger partial charge < -0.3 is 5.11 Å². The second-order valence-corrected chi connectivity index (χ2v) is 10.5. The fourth-order valence-corrected chi connectivity index (χ4v) is 7.56. The molecule has 27 heavy (non-hydrogen) atoms. The molecule has 0 amide bonds. The highest BCUT2D eigenvalue weighted by atomic mass is 16.3. The van der Waals surface area contributed by atoms with Crippen LogP contribution in [0.1, 0.15) is 71.6 Å². The van der Waals surface area contributed by atoms with Crippen molar-refractivity contribution in [2.45, 2.75) is 77.7 Å². The molecule has 3 heteroatoms. The minimum atomic E-state index is -0.875. The first-order chi connectivity index (χ1) is 12.8. The van der Waals surface area contributed by atoms with Gasteiger partial charge in [0.05, 0.1) is 0 Å². The van der Waals surface area contributed by atoms with Crippen molar-refractivity contribution in [2.75, 3.05) is 0 Å². The molecular formula is C24H32O3. The molecule has 3 saturated carbocycles. The molecule has 3 fully saturated rings. The van der Waals surface area contributed by atoms with Crippen LogP contribution in [0.5, 0.6) is 0 Å². The van der Waals surface area contributed by atoms with E-state index >= 15 is 0 Å². The van der Waals surface area contributed by atoms with Gasteiger partial charge in [-0.15, -0.1) is 0 Å². The Hall–Kier alpha value is -1.22. The molecule has 0 heterocycles. The van der Waals surface area contributed by atoms with Crippen molar-refractivity contribution in [2.24, 2.45) is 34.5 Å². The van der Waals surface area contributed by atoms with Gasteiger partial charge in [0.25, 0.3) is 0 Å². The predicted molar refractivity (Wildman–Crippen MR) is 104 cm³/mol. The Balaban J connectivity index is 1.48. The van der Waals surface area contributed by atoms with E-state index in [1.165, 1.54) is 31.3 Å². The van der Waals surface area contributed by atoms with Gasteiger partial charge >= 0.3 is 0 Å². The van der Waals surface area contributed by atoms with E-state index in [1.54, 1.807) is 5.57 Å². The van der Waals surface area contributed by atoms with Crippen molar-refractivity contribution < 1.29 is 14.7 Å². The molecule has 3 unspecified atom stereocenters. The topological polar surface area (TPSA) is 54.4 Å². The number of aliphatic hydroxyl groups excluding tert-OH is 1. The number of rotatable bonds is 1. The summed E-state index contributed by atoms with van der Waals surface area (Å²) in [7, 11) is 0. The molecule has 0 saturated heterocycles. The Morgan fingerprint density at radius 2 is 1.89 bits per heavy atom. The lowest BCUT2D eigenvalue weighted by molar-refractivity contribution is -0.137. The van der Waals surface area contributed by atoms with Crippen molar-refractivity contribution in [1.82, 2.24) is 0 Å². The van der Waals surface area contributed by atoms with Crippen molar-refractivity contribution in [3.8, 4) is 0 Å². The predicted octanol–water partition coefficient (Wildman–Crippen LogP) is 4.39. The molecule has 1 N–H and O–H groups in total. The SMILES string of the molecule is C[C@]12CC[C@H](C3=CCCC3)CC1=CC(=O)C1C2CC[C@@]2(C)C1CC(=O)[C@@H]2O. The minimum Gasteiger partial charge on any atom is -0.385 e. The zero-order chi connectivity index (χ0) is 19.0. The maximum Gasteiger partial charge on any atom is 0.162 e. The Morgan fingerprint density at radius 1 is 1.07 bits per heavy atom. The van der Waals surface area contributed by atoms with Crippen LogP contribution in [0.25, 0.3) is 0 Å². The molecule has 0 bridgehead atoms. The summed E-state index contributed by atoms with van der Waals surface area (Å²) in [5.74, 6) is 1.13. The van der Waals surface area contributed by atoms with Gasteiger partial charge in [0.2, 0.25) is 0 Å². The number of fused-ring (bicyclic) bond motifs is 5. The molecule has 0 aromatic rings. The van der Waals surface area contributed by atoms with Gasteiger partial charge in [-0.3, -0.25) is 9.59 Å². The van der Waals surface area contributed by atoms with Crippen LogP contribution in [0.15, 0.2) is 23.3 Å². The number of aliphatic hydroxyl groups is 1. The molecule has 0 spiro atoms. The van der Waals surface area contributed by atoms with E-state index in [1.807, 2.05) is 13.0 Å². The van der Waals surface area contributed by atoms with Crippen LogP contribution in [0.2, 0.25) is 0 Å². The lowest BCUT2D eigenvalue weighted by Crippen LogP contribution is -2.53. The summed E-state index contributed by atoms with van der Waals surface area (Å²) < 4.78 is 0. The van der Waals surface area contributed by atoms with Crippen LogP contribution in [0.4, 0.5) is 0 Å². The summed E-state index contributed by atoms with van der Waals surface area (Å²) in [6.45, 7) is 4.43. The number of carbonyl (C=O) groups excluding carboxylic acids is 2. The van der Waals surface area contributed by atoms with Crippen molar-refractivity contribution >= 4 is 11.6 Å². The Morgan fingerprint density at radius 3 is 2.63 bits per heavy atom. The van der Waals surface area contributed by atoms with Crippen molar-refractivity contribution in [3.63, 3.8) is 0 Å². The van der Waals surface area contributed by atoms with Gasteiger partial charge in [0.1, 0.15) is 6.10 Å². The van der Waals surface area contributed by atoms with Crippen LogP contribution in [0, 0.1) is 34.5 Å². The first-order valence-electron chi connectivity index (χ1n) is 11.0. The van der Waals surface area contributed by atoms with Crippen LogP contribution in [-0.4, -0.2) is 22.8 Å². The Kier molecular flexibility index (Phi) is 3.89. The molecule has 7 atom stereocenters. The average molecular weight is 369 g/mol. The summed E-state index contributed by atoms with van der Waals surface area (Å²) >= 11 is 0. The smallest absolute Gasteiger partial charge is 0.162 e. The normalized spacial score (nSPS) is 49.2. The van der Waals surface area contributed by atoms with E-state index in [2.05, 4.69) is 13.0 Å². The molecule has 146 valence electrons. The highest BCUT2D eigenvalue weighted by Gasteiger charge is 2.63. The lowest BCUT2D eigenvalue weighted by atomic mass is 9.47. The number of hydrogen-bond donors (Lipinski definition) is 1. The molecule has 0 aliphatic heterocycles. The second kappa shape index (κ2) is 5.89. The fourth-order valence-electron chi connectivity index (χ4n) is 7.56. The summed E-state index contributed by atoms with van der Waals surface area (Å²) in [6, 6.07) is 0. The first-order valence-corrected chi connectivity index (χ1v) is 11.0. The van der Waals surface area contributed by atoms with E-state index in [0.717, 1.165) is 25.7 Å². The van der Waals surface area contributed by atoms with Crippen LogP contribution >= 0.6 is 0 Å². The number of allylic oxidation sites excluding steroid dienone is 4. The quantitative estimate of drug-likeness (QED) is 0.698. The van der Waals surface area contributed by atoms with E-state index in [0.29, 0.717) is 18.3 Å². The van der Waals surface area contributed by atoms with E-state index in [4.69, 9.17) is 0 Å². The van der Waals surface area contributed by atoms with Crippen LogP contribution in [0.3, 0.4) is 0 Å². The summed E-state index contributed by atoms with van der Waals surface area (Å²) in [6.07, 6.45) is 13.0. The third-order valence-corrected chi connectivity index (χ3v) is 9.33. The zero-order valence-electron chi connectivity index (χ0n) is 16.7. The van der Waals surface area contributed by atoms with Gasteiger partial charge in [-0.1, -0.05) is 31.1 Å². The molecule has 5 rings (SSSR count). The number of hydrogen-bond acceptors (Lipinski definition) is 3. The Labute approximate surface area is 162 Å². The molecule has 0 radical (unpaired) electrons. The largest absolute Gasteiger partial charge is 0.385 e. The number of Topliss-reactive ketones (excluding diaryl/α,β-unsaturated/α-hetero) is 1. The van der Waals surface area contributed by atoms with E-state index < -0.39 is 11.5 Å². The molecule has 5 aliphatic rings. The monoisotopic (exact) mass is 368 g/mol. The third kappa shape index (κ3) is 2.36. The summed E-state index contributed by atoms with van der Waals surface area (Å²) in [5.41, 5.74) is 2.72. The van der Waals surface area contributed by atoms with Gasteiger partial charge in [0, 0.05) is 17.8 Å². The van der Waals surface area contributed by atoms with Gasteiger partial charge in [0.15, 0.2) is 11.6 Å². The molecule has 3 nitrogen and oxygen atoms in total. The fraction of sp³-hybridized carbons (Fsp3) is 0.750. The summed E-state index contributed by atoms with van der Waals surface area (Å²) in [5, 5.41) is 10.5. The van der Waals surface area contributed by atoms with Crippen molar-refractivity contribution in [1.29, 1.82) is 0 Å². The minimum absolute atomic E-state index is 0.0242. The number of ketones is 2. The Bertz CT molecular complexity index is 762. The maximum absolute atomic E-state index is 13.3. The lowest BCUT2D eigenvalue weighted by Gasteiger charge is -2.56. The molecule has 0 aromatic carbocycles. The van der Waals surface area contributed by atoms with Gasteiger partial charge in [-0.25, -0.2) is 0 Å². The van der Waals surface area contributed by atoms with Crippen LogP contribution < -0.4 is 0 Å². The molecule has 0 aromatic heterocycles. The van der Waals surface area contributed by atoms with E-state index in [-0.39, 0.29) is 28.8 Å². The molecule has 5 aliphatic carbocycles. The third-order valence-electron chi connectivity index (χ3n) is 9.33. The summed E-state index contributed by atoms with van der Waals surface area (Å²) in [4.78, 5) is 25.6. The van der Waals surface area contributed by atoms with Gasteiger partial charge in [-0.2, -0.15) is 0 Å². The van der Waals surface area contributed by atoms with Gasteiger partial charge in [-0.05, 0) is 80.6 Å². The van der Waals surface area contributed by atoms with Crippen LogP contribution in [-0.2, 0) is 9.59 Å². The van der Waals surface area contributed by atoms with E-state index in [9.17, 15) is 14.7 Å². The average Bonchev–Trinajstić information content (AvgIpc) is 3.24. The highest BCUT2D eigenvalue weighted by Crippen LogP contribution is 2.64. The number of carbonyl (C=O) groups is 2. The first kappa shape index (κ1) is 17.8. The second-order valence-electron chi connectivity index (χ2n) is 10.5. The standard InChI is InChI=1S/C24H32O3/c1-23-9-7-15(14-5-3-4-6-14)11-16(23)12-19(25)21-17(23)8-10-24(2)18(21)13-20(26)22(24)27/h5,12,15,17-18,21-22,27H,3-4,6-11,13H2,1-2H3/t15-,17?,18?,21?,22-,23-,24-/m0/s1. The zero-order valence-corrected chi connectivity index (χ0v) is 16.7. The maximum atomic E-state index is 13.3.